The number of hydrogen-bond donors (Lipinski definition) is 0. The molecule has 1 aromatic carbocycles. The number of hydrogen-bond acceptors (Lipinski definition) is 4. The van der Waals surface area contributed by atoms with E-state index >= 15 is 0 Å². The van der Waals surface area contributed by atoms with Crippen molar-refractivity contribution in [2.75, 3.05) is 26.4 Å². The summed E-state index contributed by atoms with van der Waals surface area (Å²) in [6.45, 7) is 9.49. The quantitative estimate of drug-likeness (QED) is 0.825. The third-order valence-electron chi connectivity index (χ3n) is 3.69. The molecule has 0 bridgehead atoms. The van der Waals surface area contributed by atoms with Gasteiger partial charge in [-0.3, -0.25) is 4.90 Å². The van der Waals surface area contributed by atoms with Crippen LogP contribution in [0.2, 0.25) is 0 Å². The van der Waals surface area contributed by atoms with Crippen LogP contribution in [0.4, 0.5) is 0 Å². The third-order valence-corrected chi connectivity index (χ3v) is 6.75. The van der Waals surface area contributed by atoms with Crippen LogP contribution in [0, 0.1) is 0 Å². The Balaban J connectivity index is 2.03. The van der Waals surface area contributed by atoms with Crippen LogP contribution in [-0.2, 0) is 23.1 Å². The molecule has 22 heavy (non-hydrogen) atoms. The lowest BCUT2D eigenvalue weighted by atomic mass is 10.1. The Bertz CT molecular complexity index is 634. The molecule has 1 aromatic rings. The van der Waals surface area contributed by atoms with Crippen molar-refractivity contribution in [2.45, 2.75) is 43.5 Å². The smallest absolute Gasteiger partial charge is 0.242 e. The zero-order valence-corrected chi connectivity index (χ0v) is 15.7. The number of benzene rings is 1. The lowest BCUT2D eigenvalue weighted by Gasteiger charge is -2.20. The van der Waals surface area contributed by atoms with Gasteiger partial charge < -0.3 is 0 Å². The Morgan fingerprint density at radius 3 is 2.41 bits per heavy atom. The average Bonchev–Trinajstić information content (AvgIpc) is 2.78. The molecule has 1 aliphatic rings. The van der Waals surface area contributed by atoms with Crippen molar-refractivity contribution in [3.63, 3.8) is 0 Å². The Morgan fingerprint density at radius 1 is 1.18 bits per heavy atom. The van der Waals surface area contributed by atoms with E-state index < -0.39 is 10.0 Å². The molecule has 0 saturated carbocycles. The summed E-state index contributed by atoms with van der Waals surface area (Å²) in [4.78, 5) is 2.78. The molecule has 0 radical (unpaired) electrons. The van der Waals surface area contributed by atoms with E-state index in [1.807, 2.05) is 23.9 Å². The van der Waals surface area contributed by atoms with Crippen LogP contribution in [0.3, 0.4) is 0 Å². The molecular formula is C16H26N2O2S2. The summed E-state index contributed by atoms with van der Waals surface area (Å²) in [5.41, 5.74) is 2.39. The maximum absolute atomic E-state index is 12.2. The molecule has 0 unspecified atom stereocenters. The zero-order valence-electron chi connectivity index (χ0n) is 14.1. The first-order chi connectivity index (χ1) is 10.1. The van der Waals surface area contributed by atoms with Crippen molar-refractivity contribution < 1.29 is 8.42 Å². The molecule has 1 heterocycles. The van der Waals surface area contributed by atoms with E-state index in [4.69, 9.17) is 0 Å². The molecule has 0 amide bonds. The highest BCUT2D eigenvalue weighted by Crippen LogP contribution is 2.28. The molecule has 2 rings (SSSR count). The van der Waals surface area contributed by atoms with Gasteiger partial charge in [0.05, 0.1) is 4.90 Å². The van der Waals surface area contributed by atoms with Gasteiger partial charge in [0, 0.05) is 44.2 Å². The molecule has 0 spiro atoms. The number of sulfonamides is 1. The first-order valence-electron chi connectivity index (χ1n) is 7.50. The summed E-state index contributed by atoms with van der Waals surface area (Å²) < 4.78 is 26.0. The van der Waals surface area contributed by atoms with Crippen LogP contribution in [-0.4, -0.2) is 48.8 Å². The monoisotopic (exact) mass is 342 g/mol. The normalized spacial score (nSPS) is 16.3. The van der Waals surface area contributed by atoms with E-state index in [-0.39, 0.29) is 0 Å². The van der Waals surface area contributed by atoms with Crippen LogP contribution >= 0.6 is 11.8 Å². The largest absolute Gasteiger partial charge is 0.294 e. The highest BCUT2D eigenvalue weighted by Gasteiger charge is 2.23. The Hall–Kier alpha value is -0.560. The third kappa shape index (κ3) is 4.25. The minimum absolute atomic E-state index is 0.291. The van der Waals surface area contributed by atoms with Crippen molar-refractivity contribution in [2.24, 2.45) is 0 Å². The van der Waals surface area contributed by atoms with Crippen LogP contribution in [0.5, 0.6) is 0 Å². The number of fused-ring (bicyclic) bond motifs is 1. The van der Waals surface area contributed by atoms with E-state index in [0.717, 1.165) is 31.0 Å². The van der Waals surface area contributed by atoms with Gasteiger partial charge in [-0.1, -0.05) is 26.8 Å². The second kappa shape index (κ2) is 6.51. The first-order valence-corrected chi connectivity index (χ1v) is 9.93. The molecule has 4 nitrogen and oxygen atoms in total. The van der Waals surface area contributed by atoms with E-state index in [1.54, 1.807) is 20.2 Å². The summed E-state index contributed by atoms with van der Waals surface area (Å²) >= 11 is 1.97. The molecule has 0 N–H and O–H groups in total. The molecular weight excluding hydrogens is 316 g/mol. The van der Waals surface area contributed by atoms with Gasteiger partial charge in [0.1, 0.15) is 0 Å². The Morgan fingerprint density at radius 2 is 1.82 bits per heavy atom. The minimum Gasteiger partial charge on any atom is -0.294 e. The van der Waals surface area contributed by atoms with Gasteiger partial charge >= 0.3 is 0 Å². The van der Waals surface area contributed by atoms with E-state index in [1.165, 1.54) is 9.87 Å². The second-order valence-corrected chi connectivity index (χ2v) is 11.0. The van der Waals surface area contributed by atoms with Gasteiger partial charge in [-0.05, 0) is 23.3 Å². The minimum atomic E-state index is -3.34. The molecule has 6 heteroatoms. The Labute approximate surface area is 138 Å². The molecule has 0 aromatic heterocycles. The Kier molecular flexibility index (Phi) is 5.27. The highest BCUT2D eigenvalue weighted by atomic mass is 32.2. The van der Waals surface area contributed by atoms with Gasteiger partial charge in [0.15, 0.2) is 0 Å². The maximum atomic E-state index is 12.2. The summed E-state index contributed by atoms with van der Waals surface area (Å²) in [7, 11) is -0.205. The van der Waals surface area contributed by atoms with Crippen molar-refractivity contribution in [1.82, 2.24) is 9.21 Å². The van der Waals surface area contributed by atoms with Gasteiger partial charge in [-0.25, -0.2) is 12.7 Å². The summed E-state index contributed by atoms with van der Waals surface area (Å²) in [6, 6.07) is 5.52. The van der Waals surface area contributed by atoms with Crippen LogP contribution in [0.1, 0.15) is 31.9 Å². The topological polar surface area (TPSA) is 40.6 Å². The van der Waals surface area contributed by atoms with Crippen molar-refractivity contribution in [1.29, 1.82) is 0 Å². The summed E-state index contributed by atoms with van der Waals surface area (Å²) in [5, 5.41) is 0. The SMILES string of the molecule is CN(C)S(=O)(=O)c1ccc2c(c1)CN(CCSC(C)(C)C)C2. The molecule has 1 aliphatic heterocycles. The fourth-order valence-electron chi connectivity index (χ4n) is 2.45. The predicted octanol–water partition coefficient (Wildman–Crippen LogP) is 2.78. The van der Waals surface area contributed by atoms with E-state index in [2.05, 4.69) is 25.7 Å². The van der Waals surface area contributed by atoms with E-state index in [0.29, 0.717) is 9.64 Å². The van der Waals surface area contributed by atoms with Gasteiger partial charge in [0.2, 0.25) is 10.0 Å². The van der Waals surface area contributed by atoms with Gasteiger partial charge in [-0.2, -0.15) is 11.8 Å². The van der Waals surface area contributed by atoms with Crippen LogP contribution in [0.25, 0.3) is 0 Å². The molecule has 0 atom stereocenters. The predicted molar refractivity (Wildman–Crippen MR) is 93.6 cm³/mol. The standard InChI is InChI=1S/C16H26N2O2S2/c1-16(2,3)21-9-8-18-11-13-6-7-15(10-14(13)12-18)22(19,20)17(4)5/h6-7,10H,8-9,11-12H2,1-5H3. The maximum Gasteiger partial charge on any atom is 0.242 e. The first kappa shape index (κ1) is 17.8. The lowest BCUT2D eigenvalue weighted by molar-refractivity contribution is 0.303. The van der Waals surface area contributed by atoms with Gasteiger partial charge in [-0.15, -0.1) is 0 Å². The average molecular weight is 343 g/mol. The summed E-state index contributed by atoms with van der Waals surface area (Å²) in [5.74, 6) is 1.10. The van der Waals surface area contributed by atoms with Gasteiger partial charge in [0.25, 0.3) is 0 Å². The fourth-order valence-corrected chi connectivity index (χ4v) is 4.37. The number of thioether (sulfide) groups is 1. The number of rotatable bonds is 5. The van der Waals surface area contributed by atoms with E-state index in [9.17, 15) is 8.42 Å². The van der Waals surface area contributed by atoms with Crippen LogP contribution in [0.15, 0.2) is 23.1 Å². The highest BCUT2D eigenvalue weighted by molar-refractivity contribution is 8.00. The molecule has 124 valence electrons. The molecule has 0 aliphatic carbocycles. The van der Waals surface area contributed by atoms with Crippen molar-refractivity contribution in [3.05, 3.63) is 29.3 Å². The van der Waals surface area contributed by atoms with Crippen molar-refractivity contribution >= 4 is 21.8 Å². The second-order valence-electron chi connectivity index (χ2n) is 6.89. The summed E-state index contributed by atoms with van der Waals surface area (Å²) in [6.07, 6.45) is 0. The fraction of sp³-hybridized carbons (Fsp3) is 0.625. The lowest BCUT2D eigenvalue weighted by Crippen LogP contribution is -2.22. The molecule has 0 fully saturated rings. The van der Waals surface area contributed by atoms with Crippen LogP contribution < -0.4 is 0 Å². The molecule has 0 saturated heterocycles. The van der Waals surface area contributed by atoms with Crippen molar-refractivity contribution in [3.8, 4) is 0 Å². The zero-order chi connectivity index (χ0) is 16.5. The number of nitrogens with zero attached hydrogens (tertiary/aromatic N) is 2.